The first-order chi connectivity index (χ1) is 11.9. The molecule has 0 aliphatic heterocycles. The lowest BCUT2D eigenvalue weighted by atomic mass is 10.1. The van der Waals surface area contributed by atoms with Crippen molar-refractivity contribution in [2.75, 3.05) is 32.1 Å². The van der Waals surface area contributed by atoms with Crippen LogP contribution in [-0.2, 0) is 4.79 Å². The van der Waals surface area contributed by atoms with E-state index < -0.39 is 0 Å². The Labute approximate surface area is 156 Å². The molecule has 2 aromatic carbocycles. The predicted octanol–water partition coefficient (Wildman–Crippen LogP) is 2.18. The SMILES string of the molecule is CC(=O)c1cccc(NC(=O)C[NH+](C)CCOc2ccc(Br)cc2)c1. The number of benzene rings is 2. The molecule has 0 spiro atoms. The fourth-order valence-electron chi connectivity index (χ4n) is 2.26. The lowest BCUT2D eigenvalue weighted by molar-refractivity contribution is -0.871. The Morgan fingerprint density at radius 1 is 1.16 bits per heavy atom. The summed E-state index contributed by atoms with van der Waals surface area (Å²) in [4.78, 5) is 24.5. The summed E-state index contributed by atoms with van der Waals surface area (Å²) in [6, 6.07) is 14.6. The third-order valence-electron chi connectivity index (χ3n) is 3.63. The second-order valence-electron chi connectivity index (χ2n) is 5.87. The van der Waals surface area contributed by atoms with Crippen LogP contribution < -0.4 is 15.0 Å². The summed E-state index contributed by atoms with van der Waals surface area (Å²) in [5.41, 5.74) is 1.22. The summed E-state index contributed by atoms with van der Waals surface area (Å²) in [7, 11) is 1.94. The normalized spacial score (nSPS) is 11.6. The van der Waals surface area contributed by atoms with E-state index in [9.17, 15) is 9.59 Å². The third-order valence-corrected chi connectivity index (χ3v) is 4.16. The quantitative estimate of drug-likeness (QED) is 0.661. The molecule has 0 aliphatic rings. The fourth-order valence-corrected chi connectivity index (χ4v) is 2.52. The first kappa shape index (κ1) is 19.1. The lowest BCUT2D eigenvalue weighted by Gasteiger charge is -2.14. The highest BCUT2D eigenvalue weighted by Gasteiger charge is 2.11. The van der Waals surface area contributed by atoms with Gasteiger partial charge >= 0.3 is 0 Å². The minimum Gasteiger partial charge on any atom is -0.488 e. The van der Waals surface area contributed by atoms with Crippen molar-refractivity contribution >= 4 is 33.3 Å². The molecule has 0 bridgehead atoms. The van der Waals surface area contributed by atoms with Gasteiger partial charge in [-0.1, -0.05) is 28.1 Å². The molecule has 0 fully saturated rings. The number of quaternary nitrogens is 1. The number of nitrogens with one attached hydrogen (secondary N) is 2. The molecule has 1 amide bonds. The van der Waals surface area contributed by atoms with E-state index in [1.54, 1.807) is 24.3 Å². The Hall–Kier alpha value is -2.18. The van der Waals surface area contributed by atoms with Gasteiger partial charge in [0.05, 0.1) is 7.05 Å². The van der Waals surface area contributed by atoms with Crippen LogP contribution in [0, 0.1) is 0 Å². The molecule has 25 heavy (non-hydrogen) atoms. The molecule has 0 heterocycles. The summed E-state index contributed by atoms with van der Waals surface area (Å²) in [5, 5.41) is 2.82. The molecule has 0 radical (unpaired) electrons. The number of likely N-dealkylation sites (N-methyl/N-ethyl adjacent to an activating group) is 1. The number of Topliss-reactive ketones (excluding diaryl/α,β-unsaturated/α-hetero) is 1. The zero-order valence-electron chi connectivity index (χ0n) is 14.3. The number of halogens is 1. The molecule has 0 aromatic heterocycles. The molecule has 1 atom stereocenters. The first-order valence-corrected chi connectivity index (χ1v) is 8.84. The number of amides is 1. The number of hydrogen-bond acceptors (Lipinski definition) is 3. The smallest absolute Gasteiger partial charge is 0.279 e. The van der Waals surface area contributed by atoms with Crippen LogP contribution in [0.15, 0.2) is 53.0 Å². The highest BCUT2D eigenvalue weighted by molar-refractivity contribution is 9.10. The standard InChI is InChI=1S/C19H21BrN2O3/c1-14(23)15-4-3-5-17(12-15)21-19(24)13-22(2)10-11-25-18-8-6-16(20)7-9-18/h3-9,12H,10-11,13H2,1-2H3,(H,21,24)/p+1. The zero-order chi connectivity index (χ0) is 18.2. The van der Waals surface area contributed by atoms with Gasteiger partial charge in [0.1, 0.15) is 18.9 Å². The molecule has 6 heteroatoms. The molecule has 0 aliphatic carbocycles. The maximum Gasteiger partial charge on any atom is 0.279 e. The second-order valence-corrected chi connectivity index (χ2v) is 6.79. The van der Waals surface area contributed by atoms with Gasteiger partial charge in [-0.2, -0.15) is 0 Å². The predicted molar refractivity (Wildman–Crippen MR) is 101 cm³/mol. The van der Waals surface area contributed by atoms with Crippen LogP contribution in [0.25, 0.3) is 0 Å². The van der Waals surface area contributed by atoms with Gasteiger partial charge in [0, 0.05) is 15.7 Å². The molecule has 5 nitrogen and oxygen atoms in total. The van der Waals surface area contributed by atoms with Crippen LogP contribution in [0.3, 0.4) is 0 Å². The number of ether oxygens (including phenoxy) is 1. The summed E-state index contributed by atoms with van der Waals surface area (Å²) in [5.74, 6) is 0.687. The van der Waals surface area contributed by atoms with Crippen LogP contribution >= 0.6 is 15.9 Å². The van der Waals surface area contributed by atoms with E-state index in [2.05, 4.69) is 21.2 Å². The molecule has 2 N–H and O–H groups in total. The Morgan fingerprint density at radius 3 is 2.56 bits per heavy atom. The Morgan fingerprint density at radius 2 is 1.88 bits per heavy atom. The van der Waals surface area contributed by atoms with Crippen molar-refractivity contribution in [3.8, 4) is 5.75 Å². The van der Waals surface area contributed by atoms with Crippen LogP contribution in [-0.4, -0.2) is 38.4 Å². The largest absolute Gasteiger partial charge is 0.488 e. The highest BCUT2D eigenvalue weighted by Crippen LogP contribution is 2.15. The third kappa shape index (κ3) is 6.68. The Kier molecular flexibility index (Phi) is 7.16. The molecule has 0 saturated carbocycles. The van der Waals surface area contributed by atoms with E-state index in [1.165, 1.54) is 6.92 Å². The molecule has 2 aromatic rings. The molecule has 1 unspecified atom stereocenters. The Bertz CT molecular complexity index is 732. The van der Waals surface area contributed by atoms with Gasteiger partial charge in [-0.15, -0.1) is 0 Å². The van der Waals surface area contributed by atoms with Crippen molar-refractivity contribution in [3.05, 3.63) is 58.6 Å². The van der Waals surface area contributed by atoms with E-state index in [1.807, 2.05) is 31.3 Å². The minimum absolute atomic E-state index is 0.0241. The average Bonchev–Trinajstić information content (AvgIpc) is 2.56. The number of ketones is 1. The van der Waals surface area contributed by atoms with Gasteiger partial charge in [-0.05, 0) is 43.3 Å². The molecule has 132 valence electrons. The topological polar surface area (TPSA) is 59.8 Å². The minimum atomic E-state index is -0.0955. The molecule has 2 rings (SSSR count). The van der Waals surface area contributed by atoms with Gasteiger partial charge in [0.25, 0.3) is 5.91 Å². The van der Waals surface area contributed by atoms with E-state index in [-0.39, 0.29) is 11.7 Å². The van der Waals surface area contributed by atoms with Crippen LogP contribution in [0.5, 0.6) is 5.75 Å². The van der Waals surface area contributed by atoms with Crippen molar-refractivity contribution < 1.29 is 19.2 Å². The summed E-state index contributed by atoms with van der Waals surface area (Å²) in [6.45, 7) is 3.07. The number of anilines is 1. The monoisotopic (exact) mass is 405 g/mol. The van der Waals surface area contributed by atoms with E-state index in [0.717, 1.165) is 15.1 Å². The lowest BCUT2D eigenvalue weighted by Crippen LogP contribution is -3.10. The van der Waals surface area contributed by atoms with Crippen LogP contribution in [0.4, 0.5) is 5.69 Å². The summed E-state index contributed by atoms with van der Waals surface area (Å²) >= 11 is 3.38. The molecule has 0 saturated heterocycles. The van der Waals surface area contributed by atoms with Crippen LogP contribution in [0.2, 0.25) is 0 Å². The summed E-state index contributed by atoms with van der Waals surface area (Å²) < 4.78 is 6.67. The van der Waals surface area contributed by atoms with Gasteiger partial charge in [-0.3, -0.25) is 9.59 Å². The maximum atomic E-state index is 12.1. The summed E-state index contributed by atoms with van der Waals surface area (Å²) in [6.07, 6.45) is 0. The van der Waals surface area contributed by atoms with Gasteiger partial charge < -0.3 is 15.0 Å². The Balaban J connectivity index is 1.75. The number of carbonyl (C=O) groups is 2. The number of carbonyl (C=O) groups excluding carboxylic acids is 2. The first-order valence-electron chi connectivity index (χ1n) is 8.04. The van der Waals surface area contributed by atoms with E-state index in [4.69, 9.17) is 4.74 Å². The second kappa shape index (κ2) is 9.34. The maximum absolute atomic E-state index is 12.1. The van der Waals surface area contributed by atoms with Crippen molar-refractivity contribution in [1.82, 2.24) is 0 Å². The van der Waals surface area contributed by atoms with Gasteiger partial charge in [-0.25, -0.2) is 0 Å². The fraction of sp³-hybridized carbons (Fsp3) is 0.263. The highest BCUT2D eigenvalue weighted by atomic mass is 79.9. The van der Waals surface area contributed by atoms with E-state index in [0.29, 0.717) is 30.9 Å². The average molecular weight is 406 g/mol. The van der Waals surface area contributed by atoms with Crippen molar-refractivity contribution in [2.45, 2.75) is 6.92 Å². The zero-order valence-corrected chi connectivity index (χ0v) is 15.9. The van der Waals surface area contributed by atoms with Crippen molar-refractivity contribution in [1.29, 1.82) is 0 Å². The van der Waals surface area contributed by atoms with Crippen molar-refractivity contribution in [2.24, 2.45) is 0 Å². The van der Waals surface area contributed by atoms with E-state index >= 15 is 0 Å². The van der Waals surface area contributed by atoms with Crippen molar-refractivity contribution in [3.63, 3.8) is 0 Å². The van der Waals surface area contributed by atoms with Crippen LogP contribution in [0.1, 0.15) is 17.3 Å². The number of rotatable bonds is 8. The number of hydrogen-bond donors (Lipinski definition) is 2. The molecular formula is C19H22BrN2O3+. The van der Waals surface area contributed by atoms with Gasteiger partial charge in [0.2, 0.25) is 0 Å². The molecular weight excluding hydrogens is 384 g/mol. The van der Waals surface area contributed by atoms with Gasteiger partial charge in [0.15, 0.2) is 12.3 Å².